The highest BCUT2D eigenvalue weighted by Crippen LogP contribution is 2.54. The molecule has 0 N–H and O–H groups in total. The van der Waals surface area contributed by atoms with E-state index in [0.717, 1.165) is 30.3 Å². The van der Waals surface area contributed by atoms with E-state index in [1.165, 1.54) is 18.2 Å². The lowest BCUT2D eigenvalue weighted by molar-refractivity contribution is -0.385. The van der Waals surface area contributed by atoms with E-state index >= 15 is 4.39 Å². The molecule has 1 aliphatic heterocycles. The van der Waals surface area contributed by atoms with Gasteiger partial charge in [-0.25, -0.2) is 14.4 Å². The standard InChI is InChI=1S/C19H9ClF10N2/c20-10-7-5-9(6-8-10)14-13(21)15(32-12-4-2-1-3-11(12)31-14)16(22,23)17(24,25)18(26,27)19(28,29)30/h1-8,13H. The van der Waals surface area contributed by atoms with Crippen molar-refractivity contribution in [2.45, 2.75) is 30.1 Å². The third-order valence-corrected chi connectivity index (χ3v) is 4.70. The second kappa shape index (κ2) is 7.75. The quantitative estimate of drug-likeness (QED) is 0.400. The molecule has 1 unspecified atom stereocenters. The molecule has 0 spiro atoms. The molecule has 2 nitrogen and oxygen atoms in total. The van der Waals surface area contributed by atoms with Gasteiger partial charge in [-0.15, -0.1) is 0 Å². The monoisotopic (exact) mass is 490 g/mol. The van der Waals surface area contributed by atoms with Crippen LogP contribution in [-0.4, -0.2) is 41.5 Å². The first-order valence-electron chi connectivity index (χ1n) is 8.48. The Morgan fingerprint density at radius 2 is 1.19 bits per heavy atom. The lowest BCUT2D eigenvalue weighted by Crippen LogP contribution is -2.64. The predicted octanol–water partition coefficient (Wildman–Crippen LogP) is 7.35. The number of benzene rings is 2. The summed E-state index contributed by atoms with van der Waals surface area (Å²) in [6.45, 7) is 0. The van der Waals surface area contributed by atoms with Crippen LogP contribution < -0.4 is 0 Å². The Kier molecular flexibility index (Phi) is 5.82. The lowest BCUT2D eigenvalue weighted by atomic mass is 9.93. The number of hydrogen-bond donors (Lipinski definition) is 0. The van der Waals surface area contributed by atoms with Crippen molar-refractivity contribution in [3.05, 3.63) is 59.1 Å². The van der Waals surface area contributed by atoms with Crippen LogP contribution in [-0.2, 0) is 0 Å². The number of aliphatic imine (C=N–C) groups is 2. The van der Waals surface area contributed by atoms with E-state index < -0.39 is 47.2 Å². The Morgan fingerprint density at radius 3 is 1.69 bits per heavy atom. The van der Waals surface area contributed by atoms with Crippen molar-refractivity contribution >= 4 is 34.4 Å². The van der Waals surface area contributed by atoms with Gasteiger partial charge >= 0.3 is 23.9 Å². The van der Waals surface area contributed by atoms with Crippen molar-refractivity contribution < 1.29 is 43.9 Å². The van der Waals surface area contributed by atoms with Gasteiger partial charge in [0.2, 0.25) is 0 Å². The van der Waals surface area contributed by atoms with Gasteiger partial charge < -0.3 is 0 Å². The topological polar surface area (TPSA) is 24.7 Å². The summed E-state index contributed by atoms with van der Waals surface area (Å²) in [5.41, 5.74) is -4.73. The molecular formula is C19H9ClF10N2. The Hall–Kier alpha value is -2.63. The summed E-state index contributed by atoms with van der Waals surface area (Å²) in [4.78, 5) is 6.79. The van der Waals surface area contributed by atoms with Crippen molar-refractivity contribution in [2.75, 3.05) is 0 Å². The number of para-hydroxylation sites is 2. The number of halogens is 11. The Bertz CT molecular complexity index is 1070. The molecule has 172 valence electrons. The first-order chi connectivity index (χ1) is 14.6. The molecule has 13 heteroatoms. The molecule has 2 aromatic carbocycles. The van der Waals surface area contributed by atoms with Gasteiger partial charge in [0, 0.05) is 5.02 Å². The second-order valence-corrected chi connectivity index (χ2v) is 7.01. The number of alkyl halides is 10. The highest BCUT2D eigenvalue weighted by Gasteiger charge is 2.83. The van der Waals surface area contributed by atoms with Crippen molar-refractivity contribution in [3.63, 3.8) is 0 Å². The first-order valence-corrected chi connectivity index (χ1v) is 8.86. The second-order valence-electron chi connectivity index (χ2n) is 6.57. The maximum Gasteiger partial charge on any atom is 0.460 e. The van der Waals surface area contributed by atoms with Crippen LogP contribution in [0.3, 0.4) is 0 Å². The van der Waals surface area contributed by atoms with E-state index in [1.54, 1.807) is 0 Å². The van der Waals surface area contributed by atoms with E-state index in [9.17, 15) is 39.5 Å². The summed E-state index contributed by atoms with van der Waals surface area (Å²) in [5, 5.41) is 0.120. The van der Waals surface area contributed by atoms with Crippen molar-refractivity contribution in [1.29, 1.82) is 0 Å². The molecule has 1 heterocycles. The Labute approximate surface area is 178 Å². The molecule has 2 aromatic rings. The van der Waals surface area contributed by atoms with Crippen LogP contribution in [0.1, 0.15) is 5.56 Å². The molecular weight excluding hydrogens is 482 g/mol. The lowest BCUT2D eigenvalue weighted by Gasteiger charge is -2.34. The normalized spacial score (nSPS) is 17.9. The largest absolute Gasteiger partial charge is 0.460 e. The minimum atomic E-state index is -7.20. The fraction of sp³-hybridized carbons (Fsp3) is 0.263. The molecule has 32 heavy (non-hydrogen) atoms. The van der Waals surface area contributed by atoms with Gasteiger partial charge in [0.1, 0.15) is 5.71 Å². The first kappa shape index (κ1) is 24.0. The van der Waals surface area contributed by atoms with E-state index in [1.807, 2.05) is 0 Å². The molecule has 1 aliphatic rings. The maximum absolute atomic E-state index is 15.2. The van der Waals surface area contributed by atoms with Crippen molar-refractivity contribution in [1.82, 2.24) is 0 Å². The fourth-order valence-electron chi connectivity index (χ4n) is 2.75. The van der Waals surface area contributed by atoms with E-state index in [0.29, 0.717) is 0 Å². The SMILES string of the molecule is FC1C(c2ccc(Cl)cc2)=Nc2ccccc2N=C1C(F)(F)C(F)(F)C(F)(F)C(F)(F)F. The molecule has 0 aliphatic carbocycles. The van der Waals surface area contributed by atoms with E-state index in [-0.39, 0.29) is 16.3 Å². The Morgan fingerprint density at radius 1 is 0.688 bits per heavy atom. The zero-order valence-electron chi connectivity index (χ0n) is 15.2. The van der Waals surface area contributed by atoms with E-state index in [4.69, 9.17) is 11.6 Å². The maximum atomic E-state index is 15.2. The molecule has 0 amide bonds. The van der Waals surface area contributed by atoms with Crippen LogP contribution in [0.2, 0.25) is 5.02 Å². The minimum absolute atomic E-state index is 0.120. The Balaban J connectivity index is 2.24. The summed E-state index contributed by atoms with van der Waals surface area (Å²) in [7, 11) is 0. The highest BCUT2D eigenvalue weighted by molar-refractivity contribution is 6.31. The third-order valence-electron chi connectivity index (χ3n) is 4.45. The van der Waals surface area contributed by atoms with Crippen LogP contribution in [0.4, 0.5) is 55.3 Å². The van der Waals surface area contributed by atoms with Crippen molar-refractivity contribution in [2.24, 2.45) is 9.98 Å². The average Bonchev–Trinajstić information content (AvgIpc) is 2.84. The van der Waals surface area contributed by atoms with E-state index in [2.05, 4.69) is 9.98 Å². The smallest absolute Gasteiger partial charge is 0.247 e. The molecule has 0 aromatic heterocycles. The molecule has 1 atom stereocenters. The van der Waals surface area contributed by atoms with Gasteiger partial charge in [0.05, 0.1) is 17.1 Å². The summed E-state index contributed by atoms with van der Waals surface area (Å²) in [6.07, 6.45) is -10.4. The number of nitrogens with zero attached hydrogens (tertiary/aromatic N) is 2. The molecule has 0 saturated heterocycles. The van der Waals surface area contributed by atoms with Crippen LogP contribution in [0.25, 0.3) is 0 Å². The minimum Gasteiger partial charge on any atom is -0.247 e. The fourth-order valence-corrected chi connectivity index (χ4v) is 2.88. The summed E-state index contributed by atoms with van der Waals surface area (Å²) >= 11 is 5.69. The molecule has 0 radical (unpaired) electrons. The van der Waals surface area contributed by atoms with Gasteiger partial charge in [-0.3, -0.25) is 0 Å². The van der Waals surface area contributed by atoms with Crippen LogP contribution in [0.15, 0.2) is 58.5 Å². The molecule has 0 bridgehead atoms. The van der Waals surface area contributed by atoms with Gasteiger partial charge in [0.25, 0.3) is 0 Å². The zero-order valence-corrected chi connectivity index (χ0v) is 16.0. The molecule has 0 fully saturated rings. The third kappa shape index (κ3) is 3.74. The van der Waals surface area contributed by atoms with Gasteiger partial charge in [-0.2, -0.15) is 39.5 Å². The summed E-state index contributed by atoms with van der Waals surface area (Å²) in [5.74, 6) is -20.6. The number of rotatable bonds is 4. The highest BCUT2D eigenvalue weighted by atomic mass is 35.5. The average molecular weight is 491 g/mol. The van der Waals surface area contributed by atoms with Crippen LogP contribution in [0.5, 0.6) is 0 Å². The van der Waals surface area contributed by atoms with Crippen molar-refractivity contribution in [3.8, 4) is 0 Å². The molecule has 0 saturated carbocycles. The summed E-state index contributed by atoms with van der Waals surface area (Å²) in [6, 6.07) is 9.00. The van der Waals surface area contributed by atoms with Gasteiger partial charge in [-0.05, 0) is 29.8 Å². The predicted molar refractivity (Wildman–Crippen MR) is 97.0 cm³/mol. The summed E-state index contributed by atoms with van der Waals surface area (Å²) < 4.78 is 137. The van der Waals surface area contributed by atoms with Gasteiger partial charge in [0.15, 0.2) is 6.17 Å². The number of fused-ring (bicyclic) bond motifs is 1. The van der Waals surface area contributed by atoms with Gasteiger partial charge in [-0.1, -0.05) is 35.9 Å². The van der Waals surface area contributed by atoms with Crippen LogP contribution in [0, 0.1) is 0 Å². The van der Waals surface area contributed by atoms with Crippen LogP contribution >= 0.6 is 11.6 Å². The molecule has 3 rings (SSSR count). The number of hydrogen-bond acceptors (Lipinski definition) is 2. The zero-order chi connectivity index (χ0) is 24.1.